The minimum atomic E-state index is -0.341. The Hall–Kier alpha value is -1.02. The largest absolute Gasteiger partial charge is 0.491 e. The second-order valence-electron chi connectivity index (χ2n) is 8.37. The van der Waals surface area contributed by atoms with Gasteiger partial charge in [-0.1, -0.05) is 128 Å². The predicted molar refractivity (Wildman–Crippen MR) is 122 cm³/mol. The highest BCUT2D eigenvalue weighted by Gasteiger charge is 2.05. The predicted octanol–water partition coefficient (Wildman–Crippen LogP) is 8.08. The summed E-state index contributed by atoms with van der Waals surface area (Å²) < 4.78 is 5.60. The van der Waals surface area contributed by atoms with Crippen LogP contribution in [0.2, 0.25) is 0 Å². The third-order valence-corrected chi connectivity index (χ3v) is 5.58. The van der Waals surface area contributed by atoms with Crippen molar-refractivity contribution in [3.63, 3.8) is 0 Å². The molecule has 1 aromatic carbocycles. The fraction of sp³-hybridized carbons (Fsp3) is 0.769. The molecular formula is C26H46O2. The third-order valence-electron chi connectivity index (χ3n) is 5.58. The highest BCUT2D eigenvalue weighted by Crippen LogP contribution is 2.15. The van der Waals surface area contributed by atoms with E-state index in [1.54, 1.807) is 0 Å². The molecule has 0 saturated heterocycles. The molecule has 1 atom stereocenters. The molecule has 0 bridgehead atoms. The van der Waals surface area contributed by atoms with Crippen molar-refractivity contribution in [3.05, 3.63) is 30.3 Å². The maximum atomic E-state index is 10.0. The van der Waals surface area contributed by atoms with Gasteiger partial charge in [0.15, 0.2) is 0 Å². The van der Waals surface area contributed by atoms with E-state index >= 15 is 0 Å². The first kappa shape index (κ1) is 25.0. The van der Waals surface area contributed by atoms with E-state index < -0.39 is 0 Å². The van der Waals surface area contributed by atoms with Crippen LogP contribution in [-0.2, 0) is 0 Å². The Bertz CT molecular complexity index is 418. The lowest BCUT2D eigenvalue weighted by atomic mass is 10.0. The SMILES string of the molecule is CCCCCCCCCCCCCCCCCCC(O)COc1ccccc1. The highest BCUT2D eigenvalue weighted by molar-refractivity contribution is 5.20. The van der Waals surface area contributed by atoms with Gasteiger partial charge in [0, 0.05) is 0 Å². The van der Waals surface area contributed by atoms with E-state index in [1.807, 2.05) is 30.3 Å². The summed E-state index contributed by atoms with van der Waals surface area (Å²) in [6.45, 7) is 2.69. The third kappa shape index (κ3) is 16.0. The molecule has 2 heteroatoms. The topological polar surface area (TPSA) is 29.5 Å². The van der Waals surface area contributed by atoms with Gasteiger partial charge in [0.1, 0.15) is 12.4 Å². The molecule has 0 fully saturated rings. The maximum absolute atomic E-state index is 10.0. The van der Waals surface area contributed by atoms with Gasteiger partial charge in [-0.05, 0) is 18.6 Å². The minimum absolute atomic E-state index is 0.341. The van der Waals surface area contributed by atoms with Crippen LogP contribution in [0.5, 0.6) is 5.75 Å². The summed E-state index contributed by atoms with van der Waals surface area (Å²) in [7, 11) is 0. The van der Waals surface area contributed by atoms with E-state index in [4.69, 9.17) is 4.74 Å². The molecule has 162 valence electrons. The maximum Gasteiger partial charge on any atom is 0.119 e. The fourth-order valence-electron chi connectivity index (χ4n) is 3.72. The minimum Gasteiger partial charge on any atom is -0.491 e. The molecule has 1 rings (SSSR count). The average molecular weight is 391 g/mol. The summed E-state index contributed by atoms with van der Waals surface area (Å²) in [5, 5.41) is 10.0. The van der Waals surface area contributed by atoms with Crippen LogP contribution >= 0.6 is 0 Å². The number of benzene rings is 1. The summed E-state index contributed by atoms with van der Waals surface area (Å²) in [5.41, 5.74) is 0. The van der Waals surface area contributed by atoms with E-state index in [9.17, 15) is 5.11 Å². The molecule has 0 aliphatic rings. The van der Waals surface area contributed by atoms with Crippen LogP contribution in [0, 0.1) is 0 Å². The summed E-state index contributed by atoms with van der Waals surface area (Å²) in [6, 6.07) is 9.75. The summed E-state index contributed by atoms with van der Waals surface area (Å²) in [4.78, 5) is 0. The van der Waals surface area contributed by atoms with Crippen molar-refractivity contribution >= 4 is 0 Å². The number of unbranched alkanes of at least 4 members (excludes halogenated alkanes) is 15. The molecule has 2 nitrogen and oxygen atoms in total. The van der Waals surface area contributed by atoms with Crippen LogP contribution in [0.3, 0.4) is 0 Å². The molecule has 1 aromatic rings. The molecule has 0 aliphatic heterocycles. The lowest BCUT2D eigenvalue weighted by Gasteiger charge is -2.12. The quantitative estimate of drug-likeness (QED) is 0.228. The monoisotopic (exact) mass is 390 g/mol. The standard InChI is InChI=1S/C26H46O2/c1-2-3-4-5-6-7-8-9-10-11-12-13-14-15-16-18-21-25(27)24-28-26-22-19-17-20-23-26/h17,19-20,22-23,25,27H,2-16,18,21,24H2,1H3. The van der Waals surface area contributed by atoms with Gasteiger partial charge in [-0.2, -0.15) is 0 Å². The smallest absolute Gasteiger partial charge is 0.119 e. The second kappa shape index (κ2) is 19.3. The van der Waals surface area contributed by atoms with Gasteiger partial charge in [0.25, 0.3) is 0 Å². The number of hydrogen-bond acceptors (Lipinski definition) is 2. The van der Waals surface area contributed by atoms with E-state index in [-0.39, 0.29) is 6.10 Å². The number of hydrogen-bond donors (Lipinski definition) is 1. The highest BCUT2D eigenvalue weighted by atomic mass is 16.5. The molecule has 1 N–H and O–H groups in total. The number of aliphatic hydroxyl groups is 1. The van der Waals surface area contributed by atoms with Crippen molar-refractivity contribution in [2.45, 2.75) is 122 Å². The molecule has 0 heterocycles. The Balaban J connectivity index is 1.75. The zero-order valence-electron chi connectivity index (χ0n) is 18.5. The summed E-state index contributed by atoms with van der Waals surface area (Å²) in [5.74, 6) is 0.841. The summed E-state index contributed by atoms with van der Waals surface area (Å²) >= 11 is 0. The number of rotatable bonds is 20. The molecule has 0 saturated carbocycles. The van der Waals surface area contributed by atoms with Crippen molar-refractivity contribution in [2.75, 3.05) is 6.61 Å². The van der Waals surface area contributed by atoms with Crippen LogP contribution in [0.15, 0.2) is 30.3 Å². The Morgan fingerprint density at radius 1 is 0.643 bits per heavy atom. The van der Waals surface area contributed by atoms with Crippen molar-refractivity contribution in [3.8, 4) is 5.75 Å². The van der Waals surface area contributed by atoms with Crippen LogP contribution in [0.4, 0.5) is 0 Å². The molecule has 0 amide bonds. The molecule has 0 spiro atoms. The van der Waals surface area contributed by atoms with E-state index in [1.165, 1.54) is 96.3 Å². The molecule has 28 heavy (non-hydrogen) atoms. The fourth-order valence-corrected chi connectivity index (χ4v) is 3.72. The van der Waals surface area contributed by atoms with E-state index in [0.29, 0.717) is 6.61 Å². The lowest BCUT2D eigenvalue weighted by Crippen LogP contribution is -2.17. The van der Waals surface area contributed by atoms with Gasteiger partial charge in [-0.25, -0.2) is 0 Å². The van der Waals surface area contributed by atoms with Crippen LogP contribution in [0.25, 0.3) is 0 Å². The zero-order valence-corrected chi connectivity index (χ0v) is 18.5. The van der Waals surface area contributed by atoms with Crippen LogP contribution in [0.1, 0.15) is 116 Å². The van der Waals surface area contributed by atoms with Gasteiger partial charge >= 0.3 is 0 Å². The Kier molecular flexibility index (Phi) is 17.2. The van der Waals surface area contributed by atoms with Crippen LogP contribution < -0.4 is 4.74 Å². The number of ether oxygens (including phenoxy) is 1. The lowest BCUT2D eigenvalue weighted by molar-refractivity contribution is 0.0975. The number of aliphatic hydroxyl groups excluding tert-OH is 1. The molecule has 1 unspecified atom stereocenters. The van der Waals surface area contributed by atoms with Gasteiger partial charge in [-0.3, -0.25) is 0 Å². The van der Waals surface area contributed by atoms with Crippen LogP contribution in [-0.4, -0.2) is 17.8 Å². The van der Waals surface area contributed by atoms with Gasteiger partial charge in [0.05, 0.1) is 6.10 Å². The molecule has 0 radical (unpaired) electrons. The Morgan fingerprint density at radius 2 is 1.07 bits per heavy atom. The first-order valence-corrected chi connectivity index (χ1v) is 12.2. The first-order chi connectivity index (χ1) is 13.8. The zero-order chi connectivity index (χ0) is 20.1. The number of para-hydroxylation sites is 1. The molecule has 0 aromatic heterocycles. The van der Waals surface area contributed by atoms with Crippen molar-refractivity contribution < 1.29 is 9.84 Å². The molecule has 0 aliphatic carbocycles. The van der Waals surface area contributed by atoms with Gasteiger partial charge < -0.3 is 9.84 Å². The first-order valence-electron chi connectivity index (χ1n) is 12.2. The second-order valence-corrected chi connectivity index (χ2v) is 8.37. The van der Waals surface area contributed by atoms with E-state index in [2.05, 4.69) is 6.92 Å². The Labute approximate surface area is 175 Å². The van der Waals surface area contributed by atoms with Crippen molar-refractivity contribution in [2.24, 2.45) is 0 Å². The normalized spacial score (nSPS) is 12.2. The summed E-state index contributed by atoms with van der Waals surface area (Å²) in [6.07, 6.45) is 22.6. The van der Waals surface area contributed by atoms with Gasteiger partial charge in [-0.15, -0.1) is 0 Å². The molecular weight excluding hydrogens is 344 g/mol. The van der Waals surface area contributed by atoms with E-state index in [0.717, 1.165) is 18.6 Å². The van der Waals surface area contributed by atoms with Crippen molar-refractivity contribution in [1.82, 2.24) is 0 Å². The Morgan fingerprint density at radius 3 is 1.54 bits per heavy atom. The van der Waals surface area contributed by atoms with Crippen molar-refractivity contribution in [1.29, 1.82) is 0 Å². The van der Waals surface area contributed by atoms with Gasteiger partial charge in [0.2, 0.25) is 0 Å². The average Bonchev–Trinajstić information content (AvgIpc) is 2.72.